The predicted octanol–water partition coefficient (Wildman–Crippen LogP) is 4.46. The van der Waals surface area contributed by atoms with Gasteiger partial charge in [0.25, 0.3) is 5.91 Å². The molecule has 1 heterocycles. The molecule has 2 aliphatic carbocycles. The van der Waals surface area contributed by atoms with Gasteiger partial charge in [-0.15, -0.1) is 11.3 Å². The molecule has 2 aromatic rings. The Balaban J connectivity index is 1.54. The number of rotatable bonds is 10. The number of benzene rings is 1. The number of thiazole rings is 1. The lowest BCUT2D eigenvalue weighted by atomic mass is 9.98. The van der Waals surface area contributed by atoms with E-state index in [0.29, 0.717) is 34.8 Å². The highest BCUT2D eigenvalue weighted by Crippen LogP contribution is 2.35. The zero-order valence-electron chi connectivity index (χ0n) is 20.8. The fraction of sp³-hybridized carbons (Fsp3) is 0.462. The van der Waals surface area contributed by atoms with Gasteiger partial charge >= 0.3 is 11.9 Å². The summed E-state index contributed by atoms with van der Waals surface area (Å²) in [4.78, 5) is 40.7. The number of nitrogens with one attached hydrogen (secondary N) is 1. The normalized spacial score (nSPS) is 17.3. The van der Waals surface area contributed by atoms with Crippen molar-refractivity contribution in [2.24, 2.45) is 5.92 Å². The summed E-state index contributed by atoms with van der Waals surface area (Å²) in [6, 6.07) is 6.50. The van der Waals surface area contributed by atoms with Crippen molar-refractivity contribution in [2.75, 3.05) is 11.9 Å². The molecule has 1 aromatic heterocycles. The van der Waals surface area contributed by atoms with Crippen LogP contribution in [0.3, 0.4) is 0 Å². The van der Waals surface area contributed by atoms with E-state index in [2.05, 4.69) is 10.3 Å². The molecule has 2 saturated carbocycles. The zero-order valence-corrected chi connectivity index (χ0v) is 22.4. The second-order valence-electron chi connectivity index (χ2n) is 9.33. The summed E-state index contributed by atoms with van der Waals surface area (Å²) in [6.45, 7) is 2.32. The Morgan fingerprint density at radius 3 is 2.35 bits per heavy atom. The van der Waals surface area contributed by atoms with Gasteiger partial charge in [0.05, 0.1) is 15.8 Å². The first-order valence-corrected chi connectivity index (χ1v) is 14.7. The average Bonchev–Trinajstić information content (AvgIpc) is 3.41. The smallest absolute Gasteiger partial charge is 0.303 e. The SMILES string of the molecule is CC(=O)OCC(OC(C)=O)c1csc(NC(=O)C(=CC2CCCC2)c2ccc(S(=O)(=O)C3CC3)cc2)n1. The molecule has 1 aromatic carbocycles. The topological polar surface area (TPSA) is 129 Å². The molecule has 1 unspecified atom stereocenters. The van der Waals surface area contributed by atoms with E-state index in [-0.39, 0.29) is 28.6 Å². The van der Waals surface area contributed by atoms with Crippen LogP contribution in [0.25, 0.3) is 5.57 Å². The van der Waals surface area contributed by atoms with E-state index >= 15 is 0 Å². The van der Waals surface area contributed by atoms with Crippen molar-refractivity contribution in [1.29, 1.82) is 0 Å². The van der Waals surface area contributed by atoms with Crippen LogP contribution in [0.15, 0.2) is 40.6 Å². The Bertz CT molecular complexity index is 1290. The van der Waals surface area contributed by atoms with E-state index < -0.39 is 27.9 Å². The summed E-state index contributed by atoms with van der Waals surface area (Å²) in [5, 5.41) is 4.44. The first-order valence-electron chi connectivity index (χ1n) is 12.3. The number of nitrogens with zero attached hydrogens (tertiary/aromatic N) is 1. The van der Waals surface area contributed by atoms with Crippen molar-refractivity contribution in [3.63, 3.8) is 0 Å². The molecule has 0 radical (unpaired) electrons. The number of hydrogen-bond acceptors (Lipinski definition) is 9. The third-order valence-corrected chi connectivity index (χ3v) is 9.38. The van der Waals surface area contributed by atoms with E-state index in [1.165, 1.54) is 13.8 Å². The molecule has 0 saturated heterocycles. The molecule has 9 nitrogen and oxygen atoms in total. The maximum atomic E-state index is 13.4. The Kier molecular flexibility index (Phi) is 8.43. The first-order chi connectivity index (χ1) is 17.6. The molecule has 4 rings (SSSR count). The molecule has 2 aliphatic rings. The number of esters is 2. The van der Waals surface area contributed by atoms with Crippen molar-refractivity contribution < 1.29 is 32.3 Å². The number of ether oxygens (including phenoxy) is 2. The van der Waals surface area contributed by atoms with Gasteiger partial charge in [-0.05, 0) is 49.3 Å². The van der Waals surface area contributed by atoms with E-state index in [1.807, 2.05) is 6.08 Å². The van der Waals surface area contributed by atoms with Crippen molar-refractivity contribution in [3.8, 4) is 0 Å². The summed E-state index contributed by atoms with van der Waals surface area (Å²) < 4.78 is 35.4. The van der Waals surface area contributed by atoms with Gasteiger partial charge in [0.1, 0.15) is 6.61 Å². The van der Waals surface area contributed by atoms with Crippen LogP contribution in [-0.2, 0) is 33.7 Å². The standard InChI is InChI=1S/C26H30N2O7S2/c1-16(29)34-14-24(35-17(2)30)23-15-36-26(27-23)28-25(31)22(13-18-5-3-4-6-18)19-7-9-20(10-8-19)37(32,33)21-11-12-21/h7-10,13,15,18,21,24H,3-6,11-12,14H2,1-2H3,(H,27,28,31). The molecule has 0 spiro atoms. The molecule has 1 N–H and O–H groups in total. The molecule has 37 heavy (non-hydrogen) atoms. The minimum absolute atomic E-state index is 0.186. The van der Waals surface area contributed by atoms with Gasteiger partial charge in [0.15, 0.2) is 21.1 Å². The van der Waals surface area contributed by atoms with Crippen molar-refractivity contribution in [2.45, 2.75) is 68.6 Å². The van der Waals surface area contributed by atoms with Crippen LogP contribution in [0.4, 0.5) is 5.13 Å². The average molecular weight is 547 g/mol. The number of carbonyl (C=O) groups excluding carboxylic acids is 3. The summed E-state index contributed by atoms with van der Waals surface area (Å²) in [7, 11) is -3.32. The maximum absolute atomic E-state index is 13.4. The van der Waals surface area contributed by atoms with Gasteiger partial charge in [-0.3, -0.25) is 19.7 Å². The number of hydrogen-bond donors (Lipinski definition) is 1. The van der Waals surface area contributed by atoms with Crippen LogP contribution in [-0.4, -0.2) is 43.1 Å². The molecular formula is C26H30N2O7S2. The van der Waals surface area contributed by atoms with E-state index in [0.717, 1.165) is 37.0 Å². The van der Waals surface area contributed by atoms with Crippen LogP contribution in [0.1, 0.15) is 69.7 Å². The third kappa shape index (κ3) is 7.04. The summed E-state index contributed by atoms with van der Waals surface area (Å²) >= 11 is 1.16. The lowest BCUT2D eigenvalue weighted by Crippen LogP contribution is -2.18. The molecular weight excluding hydrogens is 516 g/mol. The van der Waals surface area contributed by atoms with Gasteiger partial charge in [0, 0.05) is 24.8 Å². The van der Waals surface area contributed by atoms with E-state index in [9.17, 15) is 22.8 Å². The highest BCUT2D eigenvalue weighted by molar-refractivity contribution is 7.92. The second kappa shape index (κ2) is 11.6. The fourth-order valence-electron chi connectivity index (χ4n) is 4.29. The fourth-order valence-corrected chi connectivity index (χ4v) is 6.69. The number of allylic oxidation sites excluding steroid dienone is 1. The van der Waals surface area contributed by atoms with Crippen LogP contribution in [0.2, 0.25) is 0 Å². The van der Waals surface area contributed by atoms with Crippen molar-refractivity contribution in [3.05, 3.63) is 47.0 Å². The van der Waals surface area contributed by atoms with Gasteiger partial charge in [-0.25, -0.2) is 13.4 Å². The van der Waals surface area contributed by atoms with Crippen LogP contribution >= 0.6 is 11.3 Å². The monoisotopic (exact) mass is 546 g/mol. The van der Waals surface area contributed by atoms with E-state index in [1.54, 1.807) is 29.6 Å². The molecule has 0 bridgehead atoms. The molecule has 2 fully saturated rings. The minimum atomic E-state index is -3.32. The molecule has 1 amide bonds. The van der Waals surface area contributed by atoms with Gasteiger partial charge in [0.2, 0.25) is 0 Å². The summed E-state index contributed by atoms with van der Waals surface area (Å²) in [5.41, 5.74) is 1.44. The van der Waals surface area contributed by atoms with Gasteiger partial charge in [-0.1, -0.05) is 31.1 Å². The number of aromatic nitrogens is 1. The van der Waals surface area contributed by atoms with Crippen molar-refractivity contribution in [1.82, 2.24) is 4.98 Å². The molecule has 0 aliphatic heterocycles. The quantitative estimate of drug-likeness (QED) is 0.342. The highest BCUT2D eigenvalue weighted by atomic mass is 32.2. The predicted molar refractivity (Wildman–Crippen MR) is 138 cm³/mol. The van der Waals surface area contributed by atoms with Crippen LogP contribution < -0.4 is 5.32 Å². The van der Waals surface area contributed by atoms with Gasteiger partial charge < -0.3 is 9.47 Å². The number of anilines is 1. The lowest BCUT2D eigenvalue weighted by Gasteiger charge is -2.14. The highest BCUT2D eigenvalue weighted by Gasteiger charge is 2.36. The largest absolute Gasteiger partial charge is 0.461 e. The third-order valence-electron chi connectivity index (χ3n) is 6.32. The number of carbonyl (C=O) groups is 3. The second-order valence-corrected chi connectivity index (χ2v) is 12.4. The maximum Gasteiger partial charge on any atom is 0.303 e. The lowest BCUT2D eigenvalue weighted by molar-refractivity contribution is -0.157. The Morgan fingerprint density at radius 1 is 1.08 bits per heavy atom. The van der Waals surface area contributed by atoms with E-state index in [4.69, 9.17) is 9.47 Å². The van der Waals surface area contributed by atoms with Gasteiger partial charge in [-0.2, -0.15) is 0 Å². The number of amides is 1. The molecule has 11 heteroatoms. The summed E-state index contributed by atoms with van der Waals surface area (Å²) in [6.07, 6.45) is 6.64. The Labute approximate surface area is 220 Å². The summed E-state index contributed by atoms with van der Waals surface area (Å²) in [5.74, 6) is -1.17. The Hall–Kier alpha value is -3.05. The minimum Gasteiger partial charge on any atom is -0.461 e. The molecule has 1 atom stereocenters. The zero-order chi connectivity index (χ0) is 26.6. The molecule has 198 valence electrons. The van der Waals surface area contributed by atoms with Crippen molar-refractivity contribution >= 4 is 49.7 Å². The first kappa shape index (κ1) is 27.0. The van der Waals surface area contributed by atoms with Crippen LogP contribution in [0, 0.1) is 5.92 Å². The number of sulfone groups is 1. The Morgan fingerprint density at radius 2 is 1.76 bits per heavy atom. The van der Waals surface area contributed by atoms with Crippen LogP contribution in [0.5, 0.6) is 0 Å².